The summed E-state index contributed by atoms with van der Waals surface area (Å²) in [6.07, 6.45) is 0. The molecule has 1 N–H and O–H groups in total. The molecule has 0 atom stereocenters. The van der Waals surface area contributed by atoms with Gasteiger partial charge in [-0.3, -0.25) is 0 Å². The van der Waals surface area contributed by atoms with Crippen molar-refractivity contribution in [1.29, 1.82) is 0 Å². The van der Waals surface area contributed by atoms with Crippen molar-refractivity contribution in [3.63, 3.8) is 0 Å². The van der Waals surface area contributed by atoms with Crippen LogP contribution in [0.3, 0.4) is 0 Å². The van der Waals surface area contributed by atoms with Crippen molar-refractivity contribution in [2.45, 2.75) is 6.92 Å². The highest BCUT2D eigenvalue weighted by atomic mass is 16.7. The minimum Gasteiger partial charge on any atom is -0.504 e. The Bertz CT molecular complexity index is 235. The van der Waals surface area contributed by atoms with E-state index in [-0.39, 0.29) is 12.5 Å². The van der Waals surface area contributed by atoms with Crippen LogP contribution in [0.2, 0.25) is 0 Å². The van der Waals surface area contributed by atoms with E-state index in [0.717, 1.165) is 0 Å². The third-order valence-electron chi connectivity index (χ3n) is 1.37. The molecule has 1 aromatic rings. The predicted molar refractivity (Wildman–Crippen MR) is 45.2 cm³/mol. The van der Waals surface area contributed by atoms with Crippen LogP contribution < -0.4 is 4.74 Å². The molecule has 66 valence electrons. The van der Waals surface area contributed by atoms with Crippen LogP contribution in [-0.4, -0.2) is 18.5 Å². The number of phenols is 1. The summed E-state index contributed by atoms with van der Waals surface area (Å²) >= 11 is 0. The van der Waals surface area contributed by atoms with Crippen LogP contribution in [0.1, 0.15) is 6.92 Å². The lowest BCUT2D eigenvalue weighted by Gasteiger charge is -2.06. The fraction of sp³-hybridized carbons (Fsp3) is 0.333. The lowest BCUT2D eigenvalue weighted by Crippen LogP contribution is -2.01. The lowest BCUT2D eigenvalue weighted by atomic mass is 10.3. The first-order chi connectivity index (χ1) is 5.84. The van der Waals surface area contributed by atoms with Crippen molar-refractivity contribution in [2.24, 2.45) is 0 Å². The highest BCUT2D eigenvalue weighted by molar-refractivity contribution is 5.37. The molecule has 0 heterocycles. The SMILES string of the molecule is CCOCOc1ccccc1O. The van der Waals surface area contributed by atoms with Crippen LogP contribution in [0.4, 0.5) is 0 Å². The van der Waals surface area contributed by atoms with Gasteiger partial charge in [-0.05, 0) is 19.1 Å². The topological polar surface area (TPSA) is 38.7 Å². The minimum absolute atomic E-state index is 0.136. The number of para-hydroxylation sites is 2. The summed E-state index contributed by atoms with van der Waals surface area (Å²) in [6.45, 7) is 2.66. The Kier molecular flexibility index (Phi) is 3.41. The molecule has 1 rings (SSSR count). The molecule has 0 aliphatic heterocycles. The van der Waals surface area contributed by atoms with E-state index < -0.39 is 0 Å². The monoisotopic (exact) mass is 168 g/mol. The Morgan fingerprint density at radius 3 is 2.75 bits per heavy atom. The molecule has 3 nitrogen and oxygen atoms in total. The van der Waals surface area contributed by atoms with Gasteiger partial charge in [0.25, 0.3) is 0 Å². The second-order valence-corrected chi connectivity index (χ2v) is 2.22. The fourth-order valence-electron chi connectivity index (χ4n) is 0.768. The molecule has 0 fully saturated rings. The fourth-order valence-corrected chi connectivity index (χ4v) is 0.768. The van der Waals surface area contributed by atoms with Crippen molar-refractivity contribution < 1.29 is 14.6 Å². The number of aromatic hydroxyl groups is 1. The molecular formula is C9H12O3. The van der Waals surface area contributed by atoms with Crippen molar-refractivity contribution in [2.75, 3.05) is 13.4 Å². The second kappa shape index (κ2) is 4.62. The number of hydrogen-bond donors (Lipinski definition) is 1. The molecule has 1 aromatic carbocycles. The summed E-state index contributed by atoms with van der Waals surface area (Å²) in [4.78, 5) is 0. The molecular weight excluding hydrogens is 156 g/mol. The molecule has 0 saturated heterocycles. The maximum Gasteiger partial charge on any atom is 0.189 e. The van der Waals surface area contributed by atoms with Crippen molar-refractivity contribution in [1.82, 2.24) is 0 Å². The zero-order chi connectivity index (χ0) is 8.81. The molecule has 0 unspecified atom stereocenters. The molecule has 0 aromatic heterocycles. The lowest BCUT2D eigenvalue weighted by molar-refractivity contribution is 0.0209. The number of benzene rings is 1. The van der Waals surface area contributed by atoms with Gasteiger partial charge >= 0.3 is 0 Å². The van der Waals surface area contributed by atoms with E-state index in [1.165, 1.54) is 0 Å². The van der Waals surface area contributed by atoms with E-state index in [0.29, 0.717) is 12.4 Å². The van der Waals surface area contributed by atoms with Gasteiger partial charge in [-0.1, -0.05) is 12.1 Å². The normalized spacial score (nSPS) is 9.75. The van der Waals surface area contributed by atoms with E-state index in [4.69, 9.17) is 9.47 Å². The van der Waals surface area contributed by atoms with Crippen molar-refractivity contribution in [3.8, 4) is 11.5 Å². The van der Waals surface area contributed by atoms with Crippen LogP contribution in [0, 0.1) is 0 Å². The summed E-state index contributed by atoms with van der Waals surface area (Å²) in [5, 5.41) is 9.23. The van der Waals surface area contributed by atoms with E-state index in [1.807, 2.05) is 6.92 Å². The van der Waals surface area contributed by atoms with Gasteiger partial charge in [0.2, 0.25) is 0 Å². The van der Waals surface area contributed by atoms with Gasteiger partial charge in [0.1, 0.15) is 0 Å². The number of ether oxygens (including phenoxy) is 2. The number of phenolic OH excluding ortho intramolecular Hbond substituents is 1. The molecule has 0 radical (unpaired) electrons. The van der Waals surface area contributed by atoms with Crippen LogP contribution in [0.5, 0.6) is 11.5 Å². The van der Waals surface area contributed by atoms with Crippen LogP contribution >= 0.6 is 0 Å². The first-order valence-electron chi connectivity index (χ1n) is 3.83. The van der Waals surface area contributed by atoms with Crippen molar-refractivity contribution in [3.05, 3.63) is 24.3 Å². The standard InChI is InChI=1S/C9H12O3/c1-2-11-7-12-9-6-4-3-5-8(9)10/h3-6,10H,2,7H2,1H3. The first-order valence-corrected chi connectivity index (χ1v) is 3.83. The molecule has 0 aliphatic carbocycles. The van der Waals surface area contributed by atoms with Gasteiger partial charge in [0.15, 0.2) is 18.3 Å². The van der Waals surface area contributed by atoms with Crippen LogP contribution in [0.25, 0.3) is 0 Å². The predicted octanol–water partition coefficient (Wildman–Crippen LogP) is 1.77. The quantitative estimate of drug-likeness (QED) is 0.550. The van der Waals surface area contributed by atoms with Crippen LogP contribution in [-0.2, 0) is 4.74 Å². The summed E-state index contributed by atoms with van der Waals surface area (Å²) in [6, 6.07) is 6.79. The van der Waals surface area contributed by atoms with Gasteiger partial charge in [0, 0.05) is 6.61 Å². The van der Waals surface area contributed by atoms with E-state index in [1.54, 1.807) is 24.3 Å². The summed E-state index contributed by atoms with van der Waals surface area (Å²) in [5.74, 6) is 0.586. The second-order valence-electron chi connectivity index (χ2n) is 2.22. The average Bonchev–Trinajstić information content (AvgIpc) is 2.09. The number of rotatable bonds is 4. The maximum atomic E-state index is 9.23. The Balaban J connectivity index is 2.46. The Morgan fingerprint density at radius 1 is 1.33 bits per heavy atom. The largest absolute Gasteiger partial charge is 0.504 e. The molecule has 12 heavy (non-hydrogen) atoms. The van der Waals surface area contributed by atoms with Gasteiger partial charge < -0.3 is 14.6 Å². The van der Waals surface area contributed by atoms with Crippen LogP contribution in [0.15, 0.2) is 24.3 Å². The smallest absolute Gasteiger partial charge is 0.189 e. The summed E-state index contributed by atoms with van der Waals surface area (Å²) in [7, 11) is 0. The van der Waals surface area contributed by atoms with Gasteiger partial charge in [-0.15, -0.1) is 0 Å². The Hall–Kier alpha value is -1.22. The number of hydrogen-bond acceptors (Lipinski definition) is 3. The molecule has 0 saturated carbocycles. The average molecular weight is 168 g/mol. The van der Waals surface area contributed by atoms with Crippen molar-refractivity contribution >= 4 is 0 Å². The first kappa shape index (κ1) is 8.87. The Morgan fingerprint density at radius 2 is 2.08 bits per heavy atom. The third kappa shape index (κ3) is 2.43. The third-order valence-corrected chi connectivity index (χ3v) is 1.37. The maximum absolute atomic E-state index is 9.23. The summed E-state index contributed by atoms with van der Waals surface area (Å²) in [5.41, 5.74) is 0. The van der Waals surface area contributed by atoms with E-state index in [2.05, 4.69) is 0 Å². The zero-order valence-electron chi connectivity index (χ0n) is 6.99. The Labute approximate surface area is 71.5 Å². The molecule has 3 heteroatoms. The van der Waals surface area contributed by atoms with Gasteiger partial charge in [-0.2, -0.15) is 0 Å². The molecule has 0 spiro atoms. The van der Waals surface area contributed by atoms with Gasteiger partial charge in [0.05, 0.1) is 0 Å². The van der Waals surface area contributed by atoms with E-state index in [9.17, 15) is 5.11 Å². The highest BCUT2D eigenvalue weighted by Gasteiger charge is 1.98. The summed E-state index contributed by atoms with van der Waals surface area (Å²) < 4.78 is 10.1. The zero-order valence-corrected chi connectivity index (χ0v) is 6.99. The minimum atomic E-state index is 0.136. The molecule has 0 bridgehead atoms. The molecule has 0 amide bonds. The highest BCUT2D eigenvalue weighted by Crippen LogP contribution is 2.23. The molecule has 0 aliphatic rings. The van der Waals surface area contributed by atoms with E-state index >= 15 is 0 Å². The van der Waals surface area contributed by atoms with Gasteiger partial charge in [-0.25, -0.2) is 0 Å².